The summed E-state index contributed by atoms with van der Waals surface area (Å²) >= 11 is 0. The lowest BCUT2D eigenvalue weighted by atomic mass is 10.2. The van der Waals surface area contributed by atoms with Crippen molar-refractivity contribution in [2.24, 2.45) is 5.10 Å². The van der Waals surface area contributed by atoms with E-state index in [0.717, 1.165) is 5.56 Å². The Bertz CT molecular complexity index is 532. The number of amides is 2. The second-order valence-corrected chi connectivity index (χ2v) is 4.64. The van der Waals surface area contributed by atoms with E-state index in [0.29, 0.717) is 31.9 Å². The molecule has 23 heavy (non-hydrogen) atoms. The number of benzene rings is 1. The number of hydrogen-bond donors (Lipinski definition) is 2. The number of hydrogen-bond acceptors (Lipinski definition) is 5. The molecule has 0 aromatic heterocycles. The van der Waals surface area contributed by atoms with Crippen LogP contribution < -0.4 is 15.5 Å². The minimum absolute atomic E-state index is 0.266. The maximum absolute atomic E-state index is 11.6. The number of carbonyl (C=O) groups is 2. The zero-order valence-electron chi connectivity index (χ0n) is 13.5. The zero-order chi connectivity index (χ0) is 16.9. The van der Waals surface area contributed by atoms with Crippen molar-refractivity contribution in [3.8, 4) is 5.75 Å². The highest BCUT2D eigenvalue weighted by Gasteiger charge is 2.07. The van der Waals surface area contributed by atoms with Crippen molar-refractivity contribution in [3.05, 3.63) is 29.8 Å². The Kier molecular flexibility index (Phi) is 9.07. The van der Waals surface area contributed by atoms with Crippen LogP contribution in [0.2, 0.25) is 0 Å². The number of carbonyl (C=O) groups excluding carboxylic acids is 2. The summed E-state index contributed by atoms with van der Waals surface area (Å²) < 4.78 is 10.3. The average Bonchev–Trinajstić information content (AvgIpc) is 2.53. The van der Waals surface area contributed by atoms with E-state index in [9.17, 15) is 9.59 Å². The van der Waals surface area contributed by atoms with Crippen molar-refractivity contribution in [1.29, 1.82) is 0 Å². The van der Waals surface area contributed by atoms with Gasteiger partial charge in [0.05, 0.1) is 12.8 Å². The van der Waals surface area contributed by atoms with Gasteiger partial charge in [-0.1, -0.05) is 12.1 Å². The fourth-order valence-electron chi connectivity index (χ4n) is 1.74. The third-order valence-corrected chi connectivity index (χ3v) is 2.78. The zero-order valence-corrected chi connectivity index (χ0v) is 13.5. The highest BCUT2D eigenvalue weighted by atomic mass is 16.5. The fourth-order valence-corrected chi connectivity index (χ4v) is 1.74. The van der Waals surface area contributed by atoms with Crippen molar-refractivity contribution in [2.45, 2.75) is 19.8 Å². The van der Waals surface area contributed by atoms with Gasteiger partial charge in [0.15, 0.2) is 0 Å². The third-order valence-electron chi connectivity index (χ3n) is 2.78. The van der Waals surface area contributed by atoms with E-state index in [2.05, 4.69) is 15.8 Å². The van der Waals surface area contributed by atoms with Crippen molar-refractivity contribution in [2.75, 3.05) is 26.9 Å². The van der Waals surface area contributed by atoms with Gasteiger partial charge in [-0.3, -0.25) is 9.59 Å². The summed E-state index contributed by atoms with van der Waals surface area (Å²) in [5.74, 6) is -0.133. The summed E-state index contributed by atoms with van der Waals surface area (Å²) in [6, 6.07) is 7.34. The normalized spacial score (nSPS) is 10.5. The SMILES string of the molecule is CCOc1ccccc1/C=N\NC(=O)CC(=O)NCCCOC. The Balaban J connectivity index is 2.36. The molecule has 1 rings (SSSR count). The fraction of sp³-hybridized carbons (Fsp3) is 0.438. The molecule has 2 amide bonds. The van der Waals surface area contributed by atoms with Crippen LogP contribution in [0.15, 0.2) is 29.4 Å². The highest BCUT2D eigenvalue weighted by Crippen LogP contribution is 2.15. The van der Waals surface area contributed by atoms with Crippen LogP contribution in [0.25, 0.3) is 0 Å². The molecule has 0 fully saturated rings. The molecule has 0 saturated carbocycles. The van der Waals surface area contributed by atoms with Gasteiger partial charge in [0.1, 0.15) is 12.2 Å². The number of ether oxygens (including phenoxy) is 2. The predicted molar refractivity (Wildman–Crippen MR) is 87.5 cm³/mol. The first kappa shape index (κ1) is 18.6. The Morgan fingerprint density at radius 1 is 1.26 bits per heavy atom. The summed E-state index contributed by atoms with van der Waals surface area (Å²) in [6.45, 7) is 3.47. The monoisotopic (exact) mass is 321 g/mol. The lowest BCUT2D eigenvalue weighted by Gasteiger charge is -2.06. The number of hydrazone groups is 1. The molecule has 0 atom stereocenters. The van der Waals surface area contributed by atoms with E-state index in [1.807, 2.05) is 31.2 Å². The Hall–Kier alpha value is -2.41. The molecule has 0 aliphatic carbocycles. The smallest absolute Gasteiger partial charge is 0.249 e. The third kappa shape index (κ3) is 7.96. The molecule has 0 spiro atoms. The van der Waals surface area contributed by atoms with Crippen molar-refractivity contribution < 1.29 is 19.1 Å². The molecule has 126 valence electrons. The lowest BCUT2D eigenvalue weighted by Crippen LogP contribution is -2.30. The van der Waals surface area contributed by atoms with Gasteiger partial charge >= 0.3 is 0 Å². The summed E-state index contributed by atoms with van der Waals surface area (Å²) in [5.41, 5.74) is 3.07. The molecule has 0 heterocycles. The van der Waals surface area contributed by atoms with E-state index >= 15 is 0 Å². The quantitative estimate of drug-likeness (QED) is 0.292. The molecule has 1 aromatic rings. The highest BCUT2D eigenvalue weighted by molar-refractivity contribution is 5.97. The second kappa shape index (κ2) is 11.2. The maximum Gasteiger partial charge on any atom is 0.249 e. The first-order valence-corrected chi connectivity index (χ1v) is 7.46. The van der Waals surface area contributed by atoms with Crippen LogP contribution in [-0.2, 0) is 14.3 Å². The van der Waals surface area contributed by atoms with Crippen LogP contribution in [0, 0.1) is 0 Å². The molecular weight excluding hydrogens is 298 g/mol. The minimum Gasteiger partial charge on any atom is -0.493 e. The molecule has 7 nitrogen and oxygen atoms in total. The van der Waals surface area contributed by atoms with Gasteiger partial charge in [0.25, 0.3) is 0 Å². The van der Waals surface area contributed by atoms with E-state index in [1.165, 1.54) is 6.21 Å². The van der Waals surface area contributed by atoms with E-state index in [1.54, 1.807) is 7.11 Å². The van der Waals surface area contributed by atoms with Gasteiger partial charge < -0.3 is 14.8 Å². The lowest BCUT2D eigenvalue weighted by molar-refractivity contribution is -0.129. The van der Waals surface area contributed by atoms with E-state index in [4.69, 9.17) is 9.47 Å². The Morgan fingerprint density at radius 3 is 2.78 bits per heavy atom. The van der Waals surface area contributed by atoms with Gasteiger partial charge in [0, 0.05) is 25.8 Å². The molecule has 7 heteroatoms. The molecule has 0 saturated heterocycles. The summed E-state index contributed by atoms with van der Waals surface area (Å²) in [5, 5.41) is 6.47. The number of para-hydroxylation sites is 1. The van der Waals surface area contributed by atoms with Crippen LogP contribution in [0.3, 0.4) is 0 Å². The maximum atomic E-state index is 11.6. The largest absolute Gasteiger partial charge is 0.493 e. The topological polar surface area (TPSA) is 89.0 Å². The van der Waals surface area contributed by atoms with Gasteiger partial charge in [-0.25, -0.2) is 5.43 Å². The van der Waals surface area contributed by atoms with E-state index < -0.39 is 5.91 Å². The van der Waals surface area contributed by atoms with Gasteiger partial charge in [-0.05, 0) is 25.5 Å². The number of nitrogens with zero attached hydrogens (tertiary/aromatic N) is 1. The molecule has 0 radical (unpaired) electrons. The molecular formula is C16H23N3O4. The Labute approximate surface area is 136 Å². The summed E-state index contributed by atoms with van der Waals surface area (Å²) in [6.07, 6.45) is 1.92. The van der Waals surface area contributed by atoms with Gasteiger partial charge in [0.2, 0.25) is 11.8 Å². The van der Waals surface area contributed by atoms with Crippen LogP contribution in [0.1, 0.15) is 25.3 Å². The Morgan fingerprint density at radius 2 is 2.04 bits per heavy atom. The number of nitrogens with one attached hydrogen (secondary N) is 2. The standard InChI is InChI=1S/C16H23N3O4/c1-3-23-14-8-5-4-7-13(14)12-18-19-16(21)11-15(20)17-9-6-10-22-2/h4-5,7-8,12H,3,6,9-11H2,1-2H3,(H,17,20)(H,19,21)/b18-12-. The first-order valence-electron chi connectivity index (χ1n) is 7.46. The van der Waals surface area contributed by atoms with Crippen molar-refractivity contribution >= 4 is 18.0 Å². The van der Waals surface area contributed by atoms with Crippen molar-refractivity contribution in [3.63, 3.8) is 0 Å². The molecule has 0 aliphatic rings. The molecule has 0 unspecified atom stereocenters. The number of methoxy groups -OCH3 is 1. The average molecular weight is 321 g/mol. The van der Waals surface area contributed by atoms with Gasteiger partial charge in [-0.15, -0.1) is 0 Å². The molecule has 0 aliphatic heterocycles. The molecule has 2 N–H and O–H groups in total. The second-order valence-electron chi connectivity index (χ2n) is 4.64. The summed E-state index contributed by atoms with van der Waals surface area (Å²) in [4.78, 5) is 23.1. The molecule has 1 aromatic carbocycles. The van der Waals surface area contributed by atoms with Crippen LogP contribution >= 0.6 is 0 Å². The van der Waals surface area contributed by atoms with Crippen LogP contribution in [0.4, 0.5) is 0 Å². The number of rotatable bonds is 10. The minimum atomic E-state index is -0.473. The van der Waals surface area contributed by atoms with Crippen LogP contribution in [-0.4, -0.2) is 44.9 Å². The van der Waals surface area contributed by atoms with Gasteiger partial charge in [-0.2, -0.15) is 5.10 Å². The molecule has 0 bridgehead atoms. The van der Waals surface area contributed by atoms with Crippen molar-refractivity contribution in [1.82, 2.24) is 10.7 Å². The first-order chi connectivity index (χ1) is 11.2. The van der Waals surface area contributed by atoms with Crippen LogP contribution in [0.5, 0.6) is 5.75 Å². The predicted octanol–water partition coefficient (Wildman–Crippen LogP) is 1.08. The van der Waals surface area contributed by atoms with E-state index in [-0.39, 0.29) is 12.3 Å². The summed E-state index contributed by atoms with van der Waals surface area (Å²) in [7, 11) is 1.59.